The van der Waals surface area contributed by atoms with Gasteiger partial charge in [0.1, 0.15) is 41.2 Å². The minimum Gasteiger partial charge on any atom is -0.508 e. The molecule has 9 heterocycles. The lowest BCUT2D eigenvalue weighted by molar-refractivity contribution is -0.136. The molecule has 3 N–H and O–H groups in total. The van der Waals surface area contributed by atoms with Crippen LogP contribution in [0.15, 0.2) is 42.6 Å². The van der Waals surface area contributed by atoms with Crippen molar-refractivity contribution < 1.29 is 37.4 Å². The molecule has 75 heavy (non-hydrogen) atoms. The molecule has 0 aliphatic carbocycles. The van der Waals surface area contributed by atoms with Crippen molar-refractivity contribution in [1.29, 1.82) is 0 Å². The number of likely N-dealkylation sites (tertiary alicyclic amines) is 1. The predicted molar refractivity (Wildman–Crippen MR) is 277 cm³/mol. The van der Waals surface area contributed by atoms with E-state index < -0.39 is 23.6 Å². The number of hydrogen-bond acceptors (Lipinski definition) is 14. The molecule has 392 valence electrons. The number of carbonyl (C=O) groups is 3. The molecule has 0 saturated carbocycles. The molecule has 0 spiro atoms. The molecule has 2 bridgehead atoms. The van der Waals surface area contributed by atoms with Crippen molar-refractivity contribution in [2.75, 3.05) is 101 Å². The van der Waals surface area contributed by atoms with Crippen molar-refractivity contribution in [2.24, 2.45) is 11.8 Å². The highest BCUT2D eigenvalue weighted by Gasteiger charge is 2.41. The number of benzene rings is 3. The van der Waals surface area contributed by atoms with Crippen LogP contribution in [0.5, 0.6) is 11.8 Å². The lowest BCUT2D eigenvalue weighted by atomic mass is 9.94. The highest BCUT2D eigenvalue weighted by molar-refractivity contribution is 6.06. The first kappa shape index (κ1) is 49.3. The van der Waals surface area contributed by atoms with Gasteiger partial charge < -0.3 is 39.7 Å². The fourth-order valence-corrected chi connectivity index (χ4v) is 13.0. The molecule has 6 saturated heterocycles. The van der Waals surface area contributed by atoms with E-state index in [1.54, 1.807) is 18.3 Å². The Hall–Kier alpha value is -6.59. The van der Waals surface area contributed by atoms with E-state index in [2.05, 4.69) is 51.0 Å². The van der Waals surface area contributed by atoms with E-state index in [4.69, 9.17) is 16.1 Å². The predicted octanol–water partition coefficient (Wildman–Crippen LogP) is 5.28. The monoisotopic (exact) mass is 1030 g/mol. The van der Waals surface area contributed by atoms with E-state index in [1.165, 1.54) is 29.2 Å². The first-order valence-corrected chi connectivity index (χ1v) is 26.7. The molecule has 7 aliphatic rings. The van der Waals surface area contributed by atoms with Crippen LogP contribution in [0.25, 0.3) is 32.9 Å². The van der Waals surface area contributed by atoms with Crippen molar-refractivity contribution in [1.82, 2.24) is 45.2 Å². The largest absolute Gasteiger partial charge is 0.508 e. The summed E-state index contributed by atoms with van der Waals surface area (Å²) in [5, 5.41) is 17.8. The summed E-state index contributed by atoms with van der Waals surface area (Å²) in [4.78, 5) is 64.7. The first-order chi connectivity index (χ1) is 36.4. The van der Waals surface area contributed by atoms with E-state index in [9.17, 15) is 19.5 Å². The van der Waals surface area contributed by atoms with Crippen LogP contribution in [0, 0.1) is 41.6 Å². The molecule has 3 atom stereocenters. The van der Waals surface area contributed by atoms with Gasteiger partial charge in [-0.2, -0.15) is 9.97 Å². The first-order valence-electron chi connectivity index (χ1n) is 26.7. The Morgan fingerprint density at radius 2 is 1.48 bits per heavy atom. The van der Waals surface area contributed by atoms with Crippen LogP contribution < -0.4 is 25.2 Å². The van der Waals surface area contributed by atoms with E-state index >= 15 is 13.2 Å². The average Bonchev–Trinajstić information content (AvgIpc) is 3.94. The van der Waals surface area contributed by atoms with E-state index in [-0.39, 0.29) is 76.5 Å². The summed E-state index contributed by atoms with van der Waals surface area (Å²) in [5.74, 6) is 0.983. The number of hydrogen-bond donors (Lipinski definition) is 3. The lowest BCUT2D eigenvalue weighted by Crippen LogP contribution is -2.52. The Labute approximate surface area is 433 Å². The van der Waals surface area contributed by atoms with Gasteiger partial charge in [-0.15, -0.1) is 6.42 Å². The number of fused-ring (bicyclic) bond motifs is 5. The van der Waals surface area contributed by atoms with Gasteiger partial charge in [0.2, 0.25) is 11.8 Å². The second-order valence-corrected chi connectivity index (χ2v) is 21.7. The zero-order valence-corrected chi connectivity index (χ0v) is 42.0. The number of anilines is 2. The quantitative estimate of drug-likeness (QED) is 0.109. The van der Waals surface area contributed by atoms with Gasteiger partial charge in [0.15, 0.2) is 11.6 Å². The number of aromatic hydroxyl groups is 1. The van der Waals surface area contributed by atoms with Crippen LogP contribution in [0.1, 0.15) is 72.9 Å². The molecule has 7 aliphatic heterocycles. The number of halogens is 3. The summed E-state index contributed by atoms with van der Waals surface area (Å²) in [7, 11) is 0. The third-order valence-electron chi connectivity index (χ3n) is 17.0. The zero-order chi connectivity index (χ0) is 51.5. The second-order valence-electron chi connectivity index (χ2n) is 21.7. The van der Waals surface area contributed by atoms with Crippen LogP contribution in [-0.2, 0) is 16.1 Å². The van der Waals surface area contributed by atoms with Gasteiger partial charge in [-0.05, 0) is 106 Å². The molecule has 16 nitrogen and oxygen atoms in total. The van der Waals surface area contributed by atoms with Gasteiger partial charge in [0.05, 0.1) is 23.2 Å². The van der Waals surface area contributed by atoms with Gasteiger partial charge >= 0.3 is 6.01 Å². The summed E-state index contributed by atoms with van der Waals surface area (Å²) in [6.07, 6.45) is 13.9. The Bertz CT molecular complexity index is 3100. The number of piperazine rings is 2. The Morgan fingerprint density at radius 1 is 0.773 bits per heavy atom. The van der Waals surface area contributed by atoms with Gasteiger partial charge in [0.25, 0.3) is 5.91 Å². The minimum atomic E-state index is -0.774. The van der Waals surface area contributed by atoms with Gasteiger partial charge in [-0.3, -0.25) is 29.6 Å². The zero-order valence-electron chi connectivity index (χ0n) is 42.0. The topological polar surface area (TPSA) is 163 Å². The minimum absolute atomic E-state index is 0.0262. The second kappa shape index (κ2) is 20.5. The molecule has 6 fully saturated rings. The summed E-state index contributed by atoms with van der Waals surface area (Å²) in [6, 6.07) is 8.82. The molecule has 19 heteroatoms. The molecule has 3 unspecified atom stereocenters. The van der Waals surface area contributed by atoms with Crippen LogP contribution >= 0.6 is 0 Å². The van der Waals surface area contributed by atoms with Gasteiger partial charge in [-0.25, -0.2) is 13.2 Å². The molecule has 2 aromatic heterocycles. The normalized spacial score (nSPS) is 23.4. The molecular weight excluding hydrogens is 964 g/mol. The highest BCUT2D eigenvalue weighted by Crippen LogP contribution is 2.40. The molecule has 3 aromatic carbocycles. The number of amides is 3. The summed E-state index contributed by atoms with van der Waals surface area (Å²) in [6.45, 7) is 12.1. The van der Waals surface area contributed by atoms with Crippen molar-refractivity contribution in [3.8, 4) is 35.4 Å². The highest BCUT2D eigenvalue weighted by atomic mass is 19.1. The van der Waals surface area contributed by atoms with Crippen LogP contribution in [-0.4, -0.2) is 167 Å². The molecule has 5 aromatic rings. The van der Waals surface area contributed by atoms with Crippen LogP contribution in [0.4, 0.5) is 24.7 Å². The number of piperidine rings is 3. The summed E-state index contributed by atoms with van der Waals surface area (Å²) in [5.41, 5.74) is 1.16. The van der Waals surface area contributed by atoms with Crippen molar-refractivity contribution in [3.63, 3.8) is 0 Å². The lowest BCUT2D eigenvalue weighted by Gasteiger charge is -2.41. The standard InChI is InChI=1S/C56H62F3N11O5/c1-2-39-44(57)7-3-35-25-38(71)26-41(48(35)39)51-50(59)52-42(27-60-51)53(69-30-36-4-5-37(31-69)61-36)64-56(63-52)75-24-23-65-15-11-33(12-16-65)28-66-19-21-67(22-20-66)29-34-13-17-68(18-14-34)45-8-6-40-43(49(45)58)32-70(55(40)74)46-9-10-47(72)62-54(46)73/h1,3,6-8,25-27,33-34,36-37,46,61,71H,4-5,9-24,28-32H2,(H,62,72,73). The average molecular weight is 1030 g/mol. The fraction of sp³-hybridized carbons (Fsp3) is 0.500. The number of terminal acetylenes is 1. The number of nitrogens with zero attached hydrogens (tertiary/aromatic N) is 9. The van der Waals surface area contributed by atoms with Gasteiger partial charge in [0, 0.05) is 119 Å². The fourth-order valence-electron chi connectivity index (χ4n) is 13.0. The number of ether oxygens (including phenoxy) is 1. The SMILES string of the molecule is C#Cc1c(F)ccc2cc(O)cc(-c3ncc4c(N5CC6CCC(C5)N6)nc(OCCN5CCC(CN6CCN(CC7CCN(c8ccc9c(c8F)CN(C8CCC(=O)NC8=O)C9=O)CC7)CC6)CC5)nc4c3F)c12. The third-order valence-corrected chi connectivity index (χ3v) is 17.0. The molecule has 3 amide bonds. The maximum absolute atomic E-state index is 17.0. The maximum atomic E-state index is 17.0. The van der Waals surface area contributed by atoms with Crippen molar-refractivity contribution in [2.45, 2.75) is 76.0 Å². The smallest absolute Gasteiger partial charge is 0.319 e. The number of carbonyl (C=O) groups excluding carboxylic acids is 3. The number of nitrogens with one attached hydrogen (secondary N) is 2. The Kier molecular flexibility index (Phi) is 13.5. The van der Waals surface area contributed by atoms with Crippen molar-refractivity contribution >= 4 is 50.9 Å². The Balaban J connectivity index is 0.619. The van der Waals surface area contributed by atoms with E-state index in [0.29, 0.717) is 83.6 Å². The van der Waals surface area contributed by atoms with Crippen LogP contribution in [0.3, 0.4) is 0 Å². The third kappa shape index (κ3) is 9.70. The van der Waals surface area contributed by atoms with Crippen molar-refractivity contribution in [3.05, 3.63) is 76.7 Å². The number of phenolic OH excluding ortho intramolecular Hbond substituents is 1. The molecule has 0 radical (unpaired) electrons. The van der Waals surface area contributed by atoms with E-state index in [0.717, 1.165) is 104 Å². The number of rotatable bonds is 12. The van der Waals surface area contributed by atoms with Crippen LogP contribution in [0.2, 0.25) is 0 Å². The number of pyridine rings is 1. The summed E-state index contributed by atoms with van der Waals surface area (Å²) < 4.78 is 54.4. The number of aromatic nitrogens is 3. The number of imide groups is 1. The maximum Gasteiger partial charge on any atom is 0.319 e. The Morgan fingerprint density at radius 3 is 2.17 bits per heavy atom. The van der Waals surface area contributed by atoms with Gasteiger partial charge in [-0.1, -0.05) is 12.0 Å². The molecular formula is C56H62F3N11O5. The molecule has 12 rings (SSSR count). The van der Waals surface area contributed by atoms with E-state index in [1.807, 2.05) is 0 Å². The summed E-state index contributed by atoms with van der Waals surface area (Å²) >= 11 is 0. The number of phenols is 1.